The van der Waals surface area contributed by atoms with E-state index < -0.39 is 10.0 Å². The number of hydrogen-bond donors (Lipinski definition) is 1. The van der Waals surface area contributed by atoms with Gasteiger partial charge in [-0.1, -0.05) is 34.1 Å². The number of hydrogen-bond acceptors (Lipinski definition) is 2. The minimum Gasteiger partial charge on any atom is -0.210 e. The van der Waals surface area contributed by atoms with Gasteiger partial charge in [-0.15, -0.1) is 0 Å². The average molecular weight is 278 g/mol. The zero-order valence-corrected chi connectivity index (χ0v) is 10.2. The van der Waals surface area contributed by atoms with Crippen LogP contribution in [-0.2, 0) is 10.0 Å². The minimum absolute atomic E-state index is 0.348. The van der Waals surface area contributed by atoms with Gasteiger partial charge in [0.25, 0.3) is 0 Å². The van der Waals surface area contributed by atoms with Gasteiger partial charge in [0.1, 0.15) is 0 Å². The molecule has 5 heteroatoms. The molecule has 0 aliphatic heterocycles. The fourth-order valence-corrected chi connectivity index (χ4v) is 2.85. The zero-order chi connectivity index (χ0) is 10.6. The summed E-state index contributed by atoms with van der Waals surface area (Å²) in [5.74, 6) is 0. The summed E-state index contributed by atoms with van der Waals surface area (Å²) in [5.41, 5.74) is 0.759. The molecule has 0 saturated carbocycles. The van der Waals surface area contributed by atoms with Crippen molar-refractivity contribution in [3.05, 3.63) is 29.8 Å². The number of aryl methyl sites for hydroxylation is 1. The van der Waals surface area contributed by atoms with Gasteiger partial charge in [0.05, 0.1) is 4.90 Å². The number of rotatable bonds is 4. The predicted molar refractivity (Wildman–Crippen MR) is 60.2 cm³/mol. The second-order valence-electron chi connectivity index (χ2n) is 2.85. The van der Waals surface area contributed by atoms with Gasteiger partial charge >= 0.3 is 0 Å². The molecule has 1 rings (SSSR count). The Labute approximate surface area is 92.7 Å². The highest BCUT2D eigenvalue weighted by molar-refractivity contribution is 9.09. The highest BCUT2D eigenvalue weighted by Crippen LogP contribution is 2.13. The van der Waals surface area contributed by atoms with Crippen LogP contribution >= 0.6 is 15.9 Å². The molecule has 14 heavy (non-hydrogen) atoms. The molecular weight excluding hydrogens is 266 g/mol. The molecule has 1 aromatic carbocycles. The van der Waals surface area contributed by atoms with Gasteiger partial charge in [-0.25, -0.2) is 13.1 Å². The Morgan fingerprint density at radius 3 is 2.57 bits per heavy atom. The average Bonchev–Trinajstić information content (AvgIpc) is 2.15. The van der Waals surface area contributed by atoms with Crippen LogP contribution in [0.1, 0.15) is 5.56 Å². The molecule has 78 valence electrons. The lowest BCUT2D eigenvalue weighted by Gasteiger charge is -2.07. The van der Waals surface area contributed by atoms with Crippen LogP contribution in [0.2, 0.25) is 0 Å². The SMILES string of the molecule is Cc1ccccc1S(=O)(=O)NCCBr. The van der Waals surface area contributed by atoms with E-state index in [0.29, 0.717) is 16.8 Å². The van der Waals surface area contributed by atoms with Gasteiger partial charge in [-0.2, -0.15) is 0 Å². The van der Waals surface area contributed by atoms with E-state index in [9.17, 15) is 8.42 Å². The van der Waals surface area contributed by atoms with Crippen molar-refractivity contribution in [2.45, 2.75) is 11.8 Å². The Morgan fingerprint density at radius 2 is 2.00 bits per heavy atom. The van der Waals surface area contributed by atoms with E-state index in [1.54, 1.807) is 25.1 Å². The van der Waals surface area contributed by atoms with Gasteiger partial charge in [0, 0.05) is 11.9 Å². The Hall–Kier alpha value is -0.390. The normalized spacial score (nSPS) is 11.6. The molecule has 0 aliphatic carbocycles. The Kier molecular flexibility index (Phi) is 4.10. The molecule has 0 spiro atoms. The Balaban J connectivity index is 2.99. The first-order valence-corrected chi connectivity index (χ1v) is 6.79. The molecule has 0 radical (unpaired) electrons. The second kappa shape index (κ2) is 4.91. The summed E-state index contributed by atoms with van der Waals surface area (Å²) >= 11 is 3.17. The number of benzene rings is 1. The van der Waals surface area contributed by atoms with Crippen LogP contribution in [0.25, 0.3) is 0 Å². The van der Waals surface area contributed by atoms with Crippen molar-refractivity contribution in [3.8, 4) is 0 Å². The number of nitrogens with one attached hydrogen (secondary N) is 1. The van der Waals surface area contributed by atoms with Gasteiger partial charge in [-0.05, 0) is 18.6 Å². The molecule has 0 amide bonds. The lowest BCUT2D eigenvalue weighted by Crippen LogP contribution is -2.26. The summed E-state index contributed by atoms with van der Waals surface area (Å²) in [5, 5.41) is 0.609. The fourth-order valence-electron chi connectivity index (χ4n) is 1.11. The van der Waals surface area contributed by atoms with Gasteiger partial charge in [0.15, 0.2) is 0 Å². The molecule has 0 fully saturated rings. The molecule has 0 saturated heterocycles. The molecule has 0 aromatic heterocycles. The first-order valence-electron chi connectivity index (χ1n) is 4.19. The summed E-state index contributed by atoms with van der Waals surface area (Å²) in [4.78, 5) is 0.348. The first-order chi connectivity index (χ1) is 6.58. The second-order valence-corrected chi connectivity index (χ2v) is 5.38. The standard InChI is InChI=1S/C9H12BrNO2S/c1-8-4-2-3-5-9(8)14(12,13)11-7-6-10/h2-5,11H,6-7H2,1H3. The molecular formula is C9H12BrNO2S. The lowest BCUT2D eigenvalue weighted by atomic mass is 10.2. The van der Waals surface area contributed by atoms with Crippen molar-refractivity contribution in [2.75, 3.05) is 11.9 Å². The van der Waals surface area contributed by atoms with Crippen LogP contribution in [0.5, 0.6) is 0 Å². The highest BCUT2D eigenvalue weighted by Gasteiger charge is 2.14. The topological polar surface area (TPSA) is 46.2 Å². The van der Waals surface area contributed by atoms with Crippen LogP contribution in [0.15, 0.2) is 29.2 Å². The maximum atomic E-state index is 11.7. The zero-order valence-electron chi connectivity index (χ0n) is 7.83. The number of alkyl halides is 1. The van der Waals surface area contributed by atoms with Crippen molar-refractivity contribution < 1.29 is 8.42 Å². The summed E-state index contributed by atoms with van der Waals surface area (Å²) in [6, 6.07) is 6.92. The van der Waals surface area contributed by atoms with Crippen molar-refractivity contribution in [3.63, 3.8) is 0 Å². The summed E-state index contributed by atoms with van der Waals surface area (Å²) < 4.78 is 25.9. The van der Waals surface area contributed by atoms with Gasteiger partial charge in [0.2, 0.25) is 10.0 Å². The Morgan fingerprint density at radius 1 is 1.36 bits per heavy atom. The quantitative estimate of drug-likeness (QED) is 0.851. The van der Waals surface area contributed by atoms with Crippen LogP contribution in [-0.4, -0.2) is 20.3 Å². The third kappa shape index (κ3) is 2.80. The Bertz CT molecular complexity index is 403. The molecule has 0 aliphatic rings. The smallest absolute Gasteiger partial charge is 0.210 e. The number of sulfonamides is 1. The predicted octanol–water partition coefficient (Wildman–Crippen LogP) is 1.67. The van der Waals surface area contributed by atoms with Gasteiger partial charge in [-0.3, -0.25) is 0 Å². The van der Waals surface area contributed by atoms with E-state index in [2.05, 4.69) is 20.7 Å². The number of halogens is 1. The minimum atomic E-state index is -3.33. The third-order valence-electron chi connectivity index (χ3n) is 1.77. The van der Waals surface area contributed by atoms with Crippen molar-refractivity contribution in [1.29, 1.82) is 0 Å². The van der Waals surface area contributed by atoms with Crippen molar-refractivity contribution >= 4 is 26.0 Å². The monoisotopic (exact) mass is 277 g/mol. The van der Waals surface area contributed by atoms with E-state index in [0.717, 1.165) is 5.56 Å². The summed E-state index contributed by atoms with van der Waals surface area (Å²) in [7, 11) is -3.33. The third-order valence-corrected chi connectivity index (χ3v) is 3.79. The molecule has 0 unspecified atom stereocenters. The maximum Gasteiger partial charge on any atom is 0.240 e. The largest absolute Gasteiger partial charge is 0.240 e. The molecule has 1 N–H and O–H groups in total. The van der Waals surface area contributed by atoms with Crippen LogP contribution in [0.4, 0.5) is 0 Å². The van der Waals surface area contributed by atoms with E-state index in [-0.39, 0.29) is 0 Å². The molecule has 0 bridgehead atoms. The maximum absolute atomic E-state index is 11.7. The van der Waals surface area contributed by atoms with E-state index >= 15 is 0 Å². The lowest BCUT2D eigenvalue weighted by molar-refractivity contribution is 0.583. The van der Waals surface area contributed by atoms with Crippen LogP contribution in [0.3, 0.4) is 0 Å². The summed E-state index contributed by atoms with van der Waals surface area (Å²) in [6.45, 7) is 2.18. The highest BCUT2D eigenvalue weighted by atomic mass is 79.9. The molecule has 0 heterocycles. The van der Waals surface area contributed by atoms with Gasteiger partial charge < -0.3 is 0 Å². The first kappa shape index (κ1) is 11.7. The fraction of sp³-hybridized carbons (Fsp3) is 0.333. The van der Waals surface area contributed by atoms with Crippen molar-refractivity contribution in [2.24, 2.45) is 0 Å². The van der Waals surface area contributed by atoms with E-state index in [1.165, 1.54) is 0 Å². The van der Waals surface area contributed by atoms with E-state index in [1.807, 2.05) is 6.07 Å². The summed E-state index contributed by atoms with van der Waals surface area (Å²) in [6.07, 6.45) is 0. The molecule has 3 nitrogen and oxygen atoms in total. The van der Waals surface area contributed by atoms with Crippen LogP contribution in [0, 0.1) is 6.92 Å². The van der Waals surface area contributed by atoms with Crippen molar-refractivity contribution in [1.82, 2.24) is 4.72 Å². The van der Waals surface area contributed by atoms with Crippen LogP contribution < -0.4 is 4.72 Å². The molecule has 1 aromatic rings. The molecule has 0 atom stereocenters. The van der Waals surface area contributed by atoms with E-state index in [4.69, 9.17) is 0 Å².